The van der Waals surface area contributed by atoms with Crippen molar-refractivity contribution in [1.82, 2.24) is 15.8 Å². The van der Waals surface area contributed by atoms with Gasteiger partial charge >= 0.3 is 6.03 Å². The first-order valence-electron chi connectivity index (χ1n) is 8.99. The third-order valence-corrected chi connectivity index (χ3v) is 4.84. The first-order chi connectivity index (χ1) is 13.5. The predicted molar refractivity (Wildman–Crippen MR) is 107 cm³/mol. The van der Waals surface area contributed by atoms with Crippen molar-refractivity contribution in [2.75, 3.05) is 18.4 Å². The average Bonchev–Trinajstić information content (AvgIpc) is 2.73. The Morgan fingerprint density at radius 1 is 0.893 bits per heavy atom. The van der Waals surface area contributed by atoms with Crippen LogP contribution in [0.1, 0.15) is 23.2 Å². The van der Waals surface area contributed by atoms with Crippen molar-refractivity contribution >= 4 is 35.1 Å². The lowest BCUT2D eigenvalue weighted by Gasteiger charge is -2.31. The summed E-state index contributed by atoms with van der Waals surface area (Å²) in [6.07, 6.45) is 1.07. The van der Waals surface area contributed by atoms with Gasteiger partial charge in [0.05, 0.1) is 0 Å². The molecule has 1 saturated heterocycles. The molecule has 3 rings (SSSR count). The van der Waals surface area contributed by atoms with Gasteiger partial charge in [-0.3, -0.25) is 20.4 Å². The summed E-state index contributed by atoms with van der Waals surface area (Å²) in [7, 11) is 0. The lowest BCUT2D eigenvalue weighted by atomic mass is 9.96. The Balaban J connectivity index is 1.42. The number of rotatable bonds is 3. The minimum absolute atomic E-state index is 0.180. The second-order valence-electron chi connectivity index (χ2n) is 6.51. The molecule has 1 aliphatic heterocycles. The number of hydrogen-bond donors (Lipinski definition) is 3. The maximum absolute atomic E-state index is 12.3. The molecule has 4 amide bonds. The van der Waals surface area contributed by atoms with E-state index in [1.807, 2.05) is 30.3 Å². The number of halogens is 1. The zero-order valence-corrected chi connectivity index (χ0v) is 15.9. The highest BCUT2D eigenvalue weighted by Crippen LogP contribution is 2.18. The van der Waals surface area contributed by atoms with Crippen LogP contribution >= 0.6 is 11.6 Å². The van der Waals surface area contributed by atoms with E-state index in [9.17, 15) is 14.4 Å². The average molecular weight is 401 g/mol. The van der Waals surface area contributed by atoms with E-state index in [-0.39, 0.29) is 17.9 Å². The molecular formula is C20H21ClN4O3. The third-order valence-electron chi connectivity index (χ3n) is 4.58. The minimum atomic E-state index is -0.412. The van der Waals surface area contributed by atoms with Gasteiger partial charge in [-0.05, 0) is 49.2 Å². The Morgan fingerprint density at radius 3 is 2.18 bits per heavy atom. The molecule has 3 N–H and O–H groups in total. The van der Waals surface area contributed by atoms with E-state index in [0.717, 1.165) is 5.69 Å². The van der Waals surface area contributed by atoms with Gasteiger partial charge in [-0.15, -0.1) is 0 Å². The lowest BCUT2D eigenvalue weighted by molar-refractivity contribution is -0.127. The van der Waals surface area contributed by atoms with Crippen LogP contribution in [0.4, 0.5) is 10.5 Å². The molecule has 0 aliphatic carbocycles. The molecule has 7 nitrogen and oxygen atoms in total. The summed E-state index contributed by atoms with van der Waals surface area (Å²) in [5.41, 5.74) is 6.00. The Hall–Kier alpha value is -3.06. The summed E-state index contributed by atoms with van der Waals surface area (Å²) in [4.78, 5) is 38.3. The van der Waals surface area contributed by atoms with Gasteiger partial charge in [0.1, 0.15) is 0 Å². The van der Waals surface area contributed by atoms with Crippen LogP contribution in [-0.2, 0) is 4.79 Å². The Labute approximate surface area is 168 Å². The number of benzene rings is 2. The van der Waals surface area contributed by atoms with Crippen LogP contribution in [0.5, 0.6) is 0 Å². The molecule has 2 aromatic carbocycles. The first kappa shape index (κ1) is 19.7. The van der Waals surface area contributed by atoms with Crippen LogP contribution < -0.4 is 16.2 Å². The van der Waals surface area contributed by atoms with Gasteiger partial charge in [0.25, 0.3) is 5.91 Å². The van der Waals surface area contributed by atoms with Crippen LogP contribution in [-0.4, -0.2) is 35.8 Å². The number of carbonyl (C=O) groups excluding carboxylic acids is 3. The molecule has 28 heavy (non-hydrogen) atoms. The number of nitrogens with zero attached hydrogens (tertiary/aromatic N) is 1. The molecule has 0 spiro atoms. The summed E-state index contributed by atoms with van der Waals surface area (Å²) >= 11 is 5.79. The van der Waals surface area contributed by atoms with Crippen LogP contribution in [0.15, 0.2) is 54.6 Å². The summed E-state index contributed by atoms with van der Waals surface area (Å²) < 4.78 is 0. The van der Waals surface area contributed by atoms with Crippen molar-refractivity contribution in [3.05, 3.63) is 65.2 Å². The van der Waals surface area contributed by atoms with Crippen molar-refractivity contribution in [1.29, 1.82) is 0 Å². The number of nitrogens with one attached hydrogen (secondary N) is 3. The van der Waals surface area contributed by atoms with Gasteiger partial charge < -0.3 is 10.2 Å². The van der Waals surface area contributed by atoms with E-state index < -0.39 is 5.91 Å². The predicted octanol–water partition coefficient (Wildman–Crippen LogP) is 3.05. The van der Waals surface area contributed by atoms with Crippen LogP contribution in [0.25, 0.3) is 0 Å². The second kappa shape index (κ2) is 9.23. The number of carbonyl (C=O) groups is 3. The van der Waals surface area contributed by atoms with Gasteiger partial charge in [0.15, 0.2) is 0 Å². The molecule has 1 aliphatic rings. The van der Waals surface area contributed by atoms with E-state index in [1.54, 1.807) is 29.2 Å². The fourth-order valence-electron chi connectivity index (χ4n) is 2.96. The minimum Gasteiger partial charge on any atom is -0.324 e. The van der Waals surface area contributed by atoms with Crippen molar-refractivity contribution < 1.29 is 14.4 Å². The Kier molecular flexibility index (Phi) is 6.49. The molecule has 1 fully saturated rings. The SMILES string of the molecule is O=C(NNC(=O)C1CCN(C(=O)Nc2ccccc2)CC1)c1ccc(Cl)cc1. The number of piperidine rings is 1. The second-order valence-corrected chi connectivity index (χ2v) is 6.94. The van der Waals surface area contributed by atoms with Crippen molar-refractivity contribution in [2.45, 2.75) is 12.8 Å². The highest BCUT2D eigenvalue weighted by molar-refractivity contribution is 6.30. The van der Waals surface area contributed by atoms with Crippen molar-refractivity contribution in [3.8, 4) is 0 Å². The molecule has 146 valence electrons. The quantitative estimate of drug-likeness (QED) is 0.691. The number of para-hydroxylation sites is 1. The highest BCUT2D eigenvalue weighted by Gasteiger charge is 2.27. The van der Waals surface area contributed by atoms with Crippen molar-refractivity contribution in [3.63, 3.8) is 0 Å². The summed E-state index contributed by atoms with van der Waals surface area (Å²) in [6.45, 7) is 0.948. The molecule has 8 heteroatoms. The maximum Gasteiger partial charge on any atom is 0.321 e. The number of anilines is 1. The topological polar surface area (TPSA) is 90.5 Å². The Morgan fingerprint density at radius 2 is 1.54 bits per heavy atom. The molecule has 0 unspecified atom stereocenters. The summed E-state index contributed by atoms with van der Waals surface area (Å²) in [5, 5.41) is 3.37. The molecule has 2 aromatic rings. The van der Waals surface area contributed by atoms with E-state index >= 15 is 0 Å². The molecular weight excluding hydrogens is 380 g/mol. The third kappa shape index (κ3) is 5.23. The van der Waals surface area contributed by atoms with Crippen molar-refractivity contribution in [2.24, 2.45) is 5.92 Å². The standard InChI is InChI=1S/C20H21ClN4O3/c21-16-8-6-14(7-9-16)18(26)23-24-19(27)15-10-12-25(13-11-15)20(28)22-17-4-2-1-3-5-17/h1-9,15H,10-13H2,(H,22,28)(H,23,26)(H,24,27). The summed E-state index contributed by atoms with van der Waals surface area (Å²) in [6, 6.07) is 15.4. The van der Waals surface area contributed by atoms with Crippen LogP contribution in [0, 0.1) is 5.92 Å². The fraction of sp³-hybridized carbons (Fsp3) is 0.250. The highest BCUT2D eigenvalue weighted by atomic mass is 35.5. The lowest BCUT2D eigenvalue weighted by Crippen LogP contribution is -2.48. The summed E-state index contributed by atoms with van der Waals surface area (Å²) in [5.74, 6) is -0.929. The molecule has 1 heterocycles. The number of amides is 4. The van der Waals surface area contributed by atoms with E-state index in [0.29, 0.717) is 36.5 Å². The van der Waals surface area contributed by atoms with Crippen LogP contribution in [0.3, 0.4) is 0 Å². The van der Waals surface area contributed by atoms with Gasteiger partial charge in [0.2, 0.25) is 5.91 Å². The first-order valence-corrected chi connectivity index (χ1v) is 9.37. The molecule has 0 bridgehead atoms. The molecule has 0 atom stereocenters. The largest absolute Gasteiger partial charge is 0.324 e. The van der Waals surface area contributed by atoms with Gasteiger partial charge in [-0.1, -0.05) is 29.8 Å². The fourth-order valence-corrected chi connectivity index (χ4v) is 3.09. The number of urea groups is 1. The number of likely N-dealkylation sites (tertiary alicyclic amines) is 1. The molecule has 0 radical (unpaired) electrons. The molecule has 0 saturated carbocycles. The monoisotopic (exact) mass is 400 g/mol. The number of hydrazine groups is 1. The van der Waals surface area contributed by atoms with Gasteiger partial charge in [-0.2, -0.15) is 0 Å². The van der Waals surface area contributed by atoms with Gasteiger partial charge in [0, 0.05) is 35.3 Å². The molecule has 0 aromatic heterocycles. The van der Waals surface area contributed by atoms with E-state index in [1.165, 1.54) is 0 Å². The number of hydrogen-bond acceptors (Lipinski definition) is 3. The zero-order chi connectivity index (χ0) is 19.9. The normalized spacial score (nSPS) is 14.2. The van der Waals surface area contributed by atoms with Crippen LogP contribution in [0.2, 0.25) is 5.02 Å². The zero-order valence-electron chi connectivity index (χ0n) is 15.2. The smallest absolute Gasteiger partial charge is 0.321 e. The Bertz CT molecular complexity index is 834. The van der Waals surface area contributed by atoms with E-state index in [2.05, 4.69) is 16.2 Å². The van der Waals surface area contributed by atoms with E-state index in [4.69, 9.17) is 11.6 Å². The maximum atomic E-state index is 12.3. The van der Waals surface area contributed by atoms with Gasteiger partial charge in [-0.25, -0.2) is 4.79 Å².